The molecule has 0 saturated heterocycles. The third kappa shape index (κ3) is 1.56. The van der Waals surface area contributed by atoms with E-state index in [1.807, 2.05) is 19.2 Å². The normalized spacial score (nSPS) is 10.9. The number of hydrogen-bond donors (Lipinski definition) is 1. The highest BCUT2D eigenvalue weighted by atomic mass is 16.5. The number of ether oxygens (including phenoxy) is 2. The second-order valence-electron chi connectivity index (χ2n) is 4.02. The summed E-state index contributed by atoms with van der Waals surface area (Å²) in [4.78, 5) is 0. The van der Waals surface area contributed by atoms with Crippen LogP contribution in [-0.4, -0.2) is 18.8 Å². The van der Waals surface area contributed by atoms with Gasteiger partial charge in [0.05, 0.1) is 25.1 Å². The van der Waals surface area contributed by atoms with Crippen molar-refractivity contribution < 1.29 is 9.47 Å². The average molecular weight is 234 g/mol. The molecule has 0 amide bonds. The minimum atomic E-state index is 0.493. The van der Waals surface area contributed by atoms with Crippen LogP contribution in [-0.2, 0) is 13.6 Å². The zero-order valence-corrected chi connectivity index (χ0v) is 10.7. The summed E-state index contributed by atoms with van der Waals surface area (Å²) in [5.41, 5.74) is 9.12. The molecule has 1 aromatic heterocycles. The number of aryl methyl sites for hydroxylation is 1. The number of nitrogens with zero attached hydrogens (tertiary/aromatic N) is 1. The lowest BCUT2D eigenvalue weighted by Gasteiger charge is -2.08. The number of rotatable bonds is 3. The van der Waals surface area contributed by atoms with E-state index in [0.717, 1.165) is 33.7 Å². The van der Waals surface area contributed by atoms with Gasteiger partial charge in [0.2, 0.25) is 0 Å². The van der Waals surface area contributed by atoms with Gasteiger partial charge in [0.15, 0.2) is 0 Å². The van der Waals surface area contributed by atoms with Crippen molar-refractivity contribution in [2.24, 2.45) is 12.8 Å². The third-order valence-electron chi connectivity index (χ3n) is 3.32. The quantitative estimate of drug-likeness (QED) is 0.883. The molecule has 2 rings (SSSR count). The number of aromatic nitrogens is 1. The average Bonchev–Trinajstić information content (AvgIpc) is 2.61. The zero-order valence-electron chi connectivity index (χ0n) is 10.7. The van der Waals surface area contributed by atoms with E-state index in [-0.39, 0.29) is 0 Å². The SMILES string of the molecule is COc1ccc(OC)c2c1c(CN)c(C)n2C. The molecule has 1 heterocycles. The van der Waals surface area contributed by atoms with Crippen LogP contribution in [0.3, 0.4) is 0 Å². The van der Waals surface area contributed by atoms with Gasteiger partial charge in [-0.15, -0.1) is 0 Å². The molecule has 0 atom stereocenters. The van der Waals surface area contributed by atoms with E-state index < -0.39 is 0 Å². The predicted octanol–water partition coefficient (Wildman–Crippen LogP) is 1.96. The first kappa shape index (κ1) is 11.8. The van der Waals surface area contributed by atoms with Crippen LogP contribution in [0.2, 0.25) is 0 Å². The van der Waals surface area contributed by atoms with E-state index in [4.69, 9.17) is 15.2 Å². The van der Waals surface area contributed by atoms with Crippen LogP contribution >= 0.6 is 0 Å². The first-order valence-corrected chi connectivity index (χ1v) is 5.54. The number of hydrogen-bond acceptors (Lipinski definition) is 3. The lowest BCUT2D eigenvalue weighted by Crippen LogP contribution is -1.99. The second-order valence-corrected chi connectivity index (χ2v) is 4.02. The Kier molecular flexibility index (Phi) is 2.98. The zero-order chi connectivity index (χ0) is 12.6. The molecule has 92 valence electrons. The monoisotopic (exact) mass is 234 g/mol. The molecule has 4 heteroatoms. The lowest BCUT2D eigenvalue weighted by molar-refractivity contribution is 0.409. The maximum atomic E-state index is 5.84. The van der Waals surface area contributed by atoms with Crippen molar-refractivity contribution in [3.63, 3.8) is 0 Å². The maximum Gasteiger partial charge on any atom is 0.143 e. The molecule has 2 aromatic rings. The van der Waals surface area contributed by atoms with E-state index in [1.165, 1.54) is 0 Å². The highest BCUT2D eigenvalue weighted by Crippen LogP contribution is 2.38. The minimum absolute atomic E-state index is 0.493. The Morgan fingerprint density at radius 1 is 1.18 bits per heavy atom. The summed E-state index contributed by atoms with van der Waals surface area (Å²) < 4.78 is 12.9. The molecule has 0 unspecified atom stereocenters. The van der Waals surface area contributed by atoms with Gasteiger partial charge in [0, 0.05) is 19.3 Å². The van der Waals surface area contributed by atoms with Crippen LogP contribution in [0.4, 0.5) is 0 Å². The molecular formula is C13H18N2O2. The van der Waals surface area contributed by atoms with Gasteiger partial charge >= 0.3 is 0 Å². The van der Waals surface area contributed by atoms with Crippen LogP contribution in [0.25, 0.3) is 10.9 Å². The van der Waals surface area contributed by atoms with Gasteiger partial charge in [-0.25, -0.2) is 0 Å². The maximum absolute atomic E-state index is 5.84. The van der Waals surface area contributed by atoms with Gasteiger partial charge in [-0.05, 0) is 24.6 Å². The fraction of sp³-hybridized carbons (Fsp3) is 0.385. The predicted molar refractivity (Wildman–Crippen MR) is 68.7 cm³/mol. The molecular weight excluding hydrogens is 216 g/mol. The van der Waals surface area contributed by atoms with Gasteiger partial charge in [-0.2, -0.15) is 0 Å². The largest absolute Gasteiger partial charge is 0.496 e. The Hall–Kier alpha value is -1.68. The Labute approximate surface area is 101 Å². The number of benzene rings is 1. The van der Waals surface area contributed by atoms with Crippen molar-refractivity contribution in [3.05, 3.63) is 23.4 Å². The van der Waals surface area contributed by atoms with Crippen LogP contribution in [0.5, 0.6) is 11.5 Å². The number of fused-ring (bicyclic) bond motifs is 1. The summed E-state index contributed by atoms with van der Waals surface area (Å²) in [5, 5.41) is 1.05. The summed E-state index contributed by atoms with van der Waals surface area (Å²) in [6.07, 6.45) is 0. The minimum Gasteiger partial charge on any atom is -0.496 e. The second kappa shape index (κ2) is 4.30. The summed E-state index contributed by atoms with van der Waals surface area (Å²) in [5.74, 6) is 1.68. The van der Waals surface area contributed by atoms with Crippen molar-refractivity contribution >= 4 is 10.9 Å². The fourth-order valence-corrected chi connectivity index (χ4v) is 2.31. The fourth-order valence-electron chi connectivity index (χ4n) is 2.31. The van der Waals surface area contributed by atoms with E-state index in [9.17, 15) is 0 Å². The van der Waals surface area contributed by atoms with Crippen molar-refractivity contribution in [3.8, 4) is 11.5 Å². The van der Waals surface area contributed by atoms with Gasteiger partial charge in [-0.3, -0.25) is 0 Å². The van der Waals surface area contributed by atoms with Gasteiger partial charge in [-0.1, -0.05) is 0 Å². The van der Waals surface area contributed by atoms with Crippen molar-refractivity contribution in [1.29, 1.82) is 0 Å². The molecule has 0 aliphatic rings. The van der Waals surface area contributed by atoms with Crippen molar-refractivity contribution in [1.82, 2.24) is 4.57 Å². The molecule has 17 heavy (non-hydrogen) atoms. The summed E-state index contributed by atoms with van der Waals surface area (Å²) in [6.45, 7) is 2.55. The number of nitrogens with two attached hydrogens (primary N) is 1. The smallest absolute Gasteiger partial charge is 0.143 e. The van der Waals surface area contributed by atoms with Gasteiger partial charge in [0.25, 0.3) is 0 Å². The van der Waals surface area contributed by atoms with Crippen LogP contribution in [0.1, 0.15) is 11.3 Å². The van der Waals surface area contributed by atoms with Gasteiger partial charge < -0.3 is 19.8 Å². The van der Waals surface area contributed by atoms with E-state index in [2.05, 4.69) is 11.5 Å². The lowest BCUT2D eigenvalue weighted by atomic mass is 10.1. The Morgan fingerprint density at radius 3 is 2.29 bits per heavy atom. The molecule has 2 N–H and O–H groups in total. The number of methoxy groups -OCH3 is 2. The molecule has 0 radical (unpaired) electrons. The molecule has 4 nitrogen and oxygen atoms in total. The summed E-state index contributed by atoms with van der Waals surface area (Å²) >= 11 is 0. The molecule has 0 bridgehead atoms. The first-order chi connectivity index (χ1) is 8.15. The van der Waals surface area contributed by atoms with E-state index >= 15 is 0 Å². The van der Waals surface area contributed by atoms with Crippen LogP contribution in [0.15, 0.2) is 12.1 Å². The Bertz CT molecular complexity index is 558. The molecule has 0 saturated carbocycles. The molecule has 0 fully saturated rings. The highest BCUT2D eigenvalue weighted by molar-refractivity contribution is 5.95. The van der Waals surface area contributed by atoms with E-state index in [1.54, 1.807) is 14.2 Å². The molecule has 0 aliphatic heterocycles. The first-order valence-electron chi connectivity index (χ1n) is 5.54. The molecule has 1 aromatic carbocycles. The Morgan fingerprint density at radius 2 is 1.76 bits per heavy atom. The van der Waals surface area contributed by atoms with Crippen molar-refractivity contribution in [2.75, 3.05) is 14.2 Å². The van der Waals surface area contributed by atoms with Crippen LogP contribution < -0.4 is 15.2 Å². The van der Waals surface area contributed by atoms with Crippen LogP contribution in [0, 0.1) is 6.92 Å². The topological polar surface area (TPSA) is 49.4 Å². The van der Waals surface area contributed by atoms with Crippen molar-refractivity contribution in [2.45, 2.75) is 13.5 Å². The molecule has 0 aliphatic carbocycles. The molecule has 0 spiro atoms. The summed E-state index contributed by atoms with van der Waals surface area (Å²) in [6, 6.07) is 3.83. The highest BCUT2D eigenvalue weighted by Gasteiger charge is 2.18. The van der Waals surface area contributed by atoms with E-state index in [0.29, 0.717) is 6.54 Å². The standard InChI is InChI=1S/C13H18N2O2/c1-8-9(7-14)12-10(16-3)5-6-11(17-4)13(12)15(8)2/h5-6H,7,14H2,1-4H3. The summed E-state index contributed by atoms with van der Waals surface area (Å²) in [7, 11) is 5.36. The third-order valence-corrected chi connectivity index (χ3v) is 3.32. The van der Waals surface area contributed by atoms with Gasteiger partial charge in [0.1, 0.15) is 11.5 Å². The Balaban J connectivity index is 2.95.